The van der Waals surface area contributed by atoms with Crippen LogP contribution >= 0.6 is 0 Å². The molecule has 1 saturated heterocycles. The summed E-state index contributed by atoms with van der Waals surface area (Å²) in [4.78, 5) is 4.43. The normalized spacial score (nSPS) is 27.6. The van der Waals surface area contributed by atoms with Crippen LogP contribution in [-0.4, -0.2) is 65.2 Å². The lowest BCUT2D eigenvalue weighted by Gasteiger charge is -2.59. The van der Waals surface area contributed by atoms with Crippen molar-refractivity contribution in [2.24, 2.45) is 0 Å². The zero-order valence-corrected chi connectivity index (χ0v) is 21.7. The van der Waals surface area contributed by atoms with E-state index in [0.717, 1.165) is 44.7 Å². The Labute approximate surface area is 217 Å². The summed E-state index contributed by atoms with van der Waals surface area (Å²) in [5.41, 5.74) is 6.62. The number of nitriles is 1. The maximum absolute atomic E-state index is 11.4. The zero-order valence-electron chi connectivity index (χ0n) is 21.7. The number of aryl methyl sites for hydroxylation is 1. The van der Waals surface area contributed by atoms with E-state index in [0.29, 0.717) is 36.7 Å². The molecule has 0 aromatic heterocycles. The van der Waals surface area contributed by atoms with Gasteiger partial charge in [-0.25, -0.2) is 0 Å². The van der Waals surface area contributed by atoms with Crippen molar-refractivity contribution < 1.29 is 24.4 Å². The zero-order chi connectivity index (χ0) is 26.2. The van der Waals surface area contributed by atoms with Crippen LogP contribution in [0.5, 0.6) is 23.0 Å². The summed E-state index contributed by atoms with van der Waals surface area (Å²) in [6.07, 6.45) is 2.94. The number of aromatic hydroxyl groups is 1. The molecule has 6 rings (SSSR count). The molecule has 5 atom stereocenters. The van der Waals surface area contributed by atoms with E-state index in [-0.39, 0.29) is 31.5 Å². The van der Waals surface area contributed by atoms with E-state index in [1.165, 1.54) is 0 Å². The maximum Gasteiger partial charge on any atom is 0.231 e. The third-order valence-corrected chi connectivity index (χ3v) is 8.95. The molecule has 4 heterocycles. The first-order valence-electron chi connectivity index (χ1n) is 12.8. The number of ether oxygens (including phenoxy) is 3. The molecule has 0 saturated carbocycles. The van der Waals surface area contributed by atoms with Crippen LogP contribution in [0.3, 0.4) is 0 Å². The molecule has 4 aliphatic heterocycles. The molecule has 2 aromatic carbocycles. The van der Waals surface area contributed by atoms with Crippen molar-refractivity contribution in [3.8, 4) is 29.1 Å². The number of aliphatic hydroxyl groups excluding tert-OH is 1. The van der Waals surface area contributed by atoms with Crippen LogP contribution in [0, 0.1) is 32.1 Å². The summed E-state index contributed by atoms with van der Waals surface area (Å²) < 4.78 is 18.0. The number of phenols is 1. The molecule has 194 valence electrons. The highest BCUT2D eigenvalue weighted by molar-refractivity contribution is 5.66. The first kappa shape index (κ1) is 24.1. The van der Waals surface area contributed by atoms with Crippen LogP contribution in [0.15, 0.2) is 18.7 Å². The second-order valence-corrected chi connectivity index (χ2v) is 10.6. The number of likely N-dealkylation sites (N-methyl/N-ethyl adjacent to an activating group) is 1. The van der Waals surface area contributed by atoms with Gasteiger partial charge < -0.3 is 24.4 Å². The number of nitrogens with zero attached hydrogens (tertiary/aromatic N) is 3. The Kier molecular flexibility index (Phi) is 5.64. The van der Waals surface area contributed by atoms with Gasteiger partial charge in [0, 0.05) is 34.3 Å². The largest absolute Gasteiger partial charge is 0.507 e. The van der Waals surface area contributed by atoms with Gasteiger partial charge in [0.05, 0.1) is 24.8 Å². The van der Waals surface area contributed by atoms with Crippen LogP contribution in [0.1, 0.15) is 51.0 Å². The van der Waals surface area contributed by atoms with Gasteiger partial charge in [-0.3, -0.25) is 9.80 Å². The molecule has 8 heteroatoms. The summed E-state index contributed by atoms with van der Waals surface area (Å²) in [6.45, 7) is 9.99. The van der Waals surface area contributed by atoms with Crippen molar-refractivity contribution in [2.45, 2.75) is 63.8 Å². The quantitative estimate of drug-likeness (QED) is 0.613. The van der Waals surface area contributed by atoms with Crippen molar-refractivity contribution in [3.63, 3.8) is 0 Å². The average molecular weight is 504 g/mol. The standard InChI is InChI=1S/C29H33N3O5/c1-6-7-35-27-16(4)28-29(37-13-36-28)24-18(27)10-20-25-23-17(8-14(2)15(3)26(23)34)9-19(31(25)5)21(11-30)32(20)22(24)12-33/h6,8,19-22,25,33-34H,1,7,9-10,12-13H2,2-5H3/t19-,20?,21-,22-,25-/m0/s1. The summed E-state index contributed by atoms with van der Waals surface area (Å²) >= 11 is 0. The van der Waals surface area contributed by atoms with Crippen LogP contribution in [0.4, 0.5) is 0 Å². The fourth-order valence-corrected chi connectivity index (χ4v) is 7.21. The molecule has 2 bridgehead atoms. The van der Waals surface area contributed by atoms with Crippen LogP contribution in [-0.2, 0) is 12.8 Å². The fourth-order valence-electron chi connectivity index (χ4n) is 7.21. The molecule has 0 radical (unpaired) electrons. The Morgan fingerprint density at radius 2 is 1.92 bits per heavy atom. The third-order valence-electron chi connectivity index (χ3n) is 8.95. The highest BCUT2D eigenvalue weighted by Crippen LogP contribution is 2.57. The van der Waals surface area contributed by atoms with Gasteiger partial charge in [-0.15, -0.1) is 0 Å². The minimum Gasteiger partial charge on any atom is -0.507 e. The average Bonchev–Trinajstić information content (AvgIpc) is 3.37. The molecular formula is C29H33N3O5. The molecule has 0 amide bonds. The molecule has 1 unspecified atom stereocenters. The number of aliphatic hydroxyl groups is 1. The number of piperazine rings is 1. The predicted molar refractivity (Wildman–Crippen MR) is 137 cm³/mol. The van der Waals surface area contributed by atoms with Gasteiger partial charge in [0.1, 0.15) is 24.1 Å². The molecule has 1 fully saturated rings. The number of rotatable bonds is 4. The lowest BCUT2D eigenvalue weighted by Crippen LogP contribution is -2.68. The van der Waals surface area contributed by atoms with Gasteiger partial charge in [0.2, 0.25) is 6.79 Å². The van der Waals surface area contributed by atoms with E-state index in [2.05, 4.69) is 35.6 Å². The highest BCUT2D eigenvalue weighted by atomic mass is 16.7. The fraction of sp³-hybridized carbons (Fsp3) is 0.483. The third kappa shape index (κ3) is 3.18. The highest BCUT2D eigenvalue weighted by Gasteiger charge is 2.56. The lowest BCUT2D eigenvalue weighted by atomic mass is 9.71. The van der Waals surface area contributed by atoms with Gasteiger partial charge in [-0.1, -0.05) is 18.7 Å². The molecule has 4 aliphatic rings. The van der Waals surface area contributed by atoms with E-state index in [1.807, 2.05) is 20.8 Å². The van der Waals surface area contributed by atoms with Crippen LogP contribution in [0.2, 0.25) is 0 Å². The Balaban J connectivity index is 1.61. The number of benzene rings is 2. The van der Waals surface area contributed by atoms with Gasteiger partial charge in [-0.2, -0.15) is 5.26 Å². The van der Waals surface area contributed by atoms with E-state index in [9.17, 15) is 15.5 Å². The molecule has 2 N–H and O–H groups in total. The first-order chi connectivity index (χ1) is 17.8. The number of phenolic OH excluding ortho intramolecular Hbond substituents is 1. The van der Waals surface area contributed by atoms with E-state index in [4.69, 9.17) is 14.2 Å². The Morgan fingerprint density at radius 1 is 1.16 bits per heavy atom. The maximum atomic E-state index is 11.4. The van der Waals surface area contributed by atoms with E-state index < -0.39 is 12.1 Å². The van der Waals surface area contributed by atoms with Crippen molar-refractivity contribution >= 4 is 0 Å². The summed E-state index contributed by atoms with van der Waals surface area (Å²) in [5, 5.41) is 32.7. The number of hydrogen-bond donors (Lipinski definition) is 2. The predicted octanol–water partition coefficient (Wildman–Crippen LogP) is 3.37. The molecular weight excluding hydrogens is 470 g/mol. The number of fused-ring (bicyclic) bond motifs is 9. The number of hydrogen-bond acceptors (Lipinski definition) is 8. The SMILES string of the molecule is C=CCOc1c(C)c2c(c3c1CC1[C@H]4c5c(cc(C)c(C)c5O)C[C@@H]([C@H](C#N)N1[C@H]3CO)N4C)OCO2. The summed E-state index contributed by atoms with van der Waals surface area (Å²) in [6, 6.07) is 3.41. The monoisotopic (exact) mass is 503 g/mol. The first-order valence-corrected chi connectivity index (χ1v) is 12.8. The molecule has 2 aromatic rings. The van der Waals surface area contributed by atoms with Crippen molar-refractivity contribution in [3.05, 3.63) is 57.7 Å². The van der Waals surface area contributed by atoms with Gasteiger partial charge in [0.15, 0.2) is 11.5 Å². The molecule has 0 aliphatic carbocycles. The van der Waals surface area contributed by atoms with Gasteiger partial charge in [-0.05, 0) is 57.4 Å². The van der Waals surface area contributed by atoms with E-state index in [1.54, 1.807) is 6.08 Å². The topological polar surface area (TPSA) is 98.4 Å². The van der Waals surface area contributed by atoms with Crippen molar-refractivity contribution in [2.75, 3.05) is 27.1 Å². The minimum absolute atomic E-state index is 0.0805. The summed E-state index contributed by atoms with van der Waals surface area (Å²) in [5.74, 6) is 2.31. The van der Waals surface area contributed by atoms with Crippen LogP contribution < -0.4 is 14.2 Å². The van der Waals surface area contributed by atoms with Crippen molar-refractivity contribution in [1.82, 2.24) is 9.80 Å². The smallest absolute Gasteiger partial charge is 0.231 e. The Hall–Kier alpha value is -3.25. The van der Waals surface area contributed by atoms with Gasteiger partial charge >= 0.3 is 0 Å². The molecule has 0 spiro atoms. The Morgan fingerprint density at radius 3 is 2.62 bits per heavy atom. The summed E-state index contributed by atoms with van der Waals surface area (Å²) in [7, 11) is 2.05. The minimum atomic E-state index is -0.477. The second-order valence-electron chi connectivity index (χ2n) is 10.6. The van der Waals surface area contributed by atoms with Gasteiger partial charge in [0.25, 0.3) is 0 Å². The second kappa shape index (κ2) is 8.66. The van der Waals surface area contributed by atoms with E-state index >= 15 is 0 Å². The molecule has 8 nitrogen and oxygen atoms in total. The lowest BCUT2D eigenvalue weighted by molar-refractivity contribution is -0.0825. The van der Waals surface area contributed by atoms with Crippen molar-refractivity contribution in [1.29, 1.82) is 5.26 Å². The Bertz CT molecular complexity index is 1350. The van der Waals surface area contributed by atoms with Crippen LogP contribution in [0.25, 0.3) is 0 Å². The molecule has 37 heavy (non-hydrogen) atoms.